The molecule has 1 unspecified atom stereocenters. The molecule has 3 heteroatoms. The van der Waals surface area contributed by atoms with Crippen LogP contribution in [0.1, 0.15) is 44.2 Å². The number of nitrogens with zero attached hydrogens (tertiary/aromatic N) is 1. The first-order valence-electron chi connectivity index (χ1n) is 7.48. The number of hydrogen-bond acceptors (Lipinski definition) is 2. The Bertz CT molecular complexity index is 387. The van der Waals surface area contributed by atoms with Crippen molar-refractivity contribution in [2.24, 2.45) is 0 Å². The Hall–Kier alpha value is -1.16. The van der Waals surface area contributed by atoms with Crippen LogP contribution in [0.3, 0.4) is 0 Å². The van der Waals surface area contributed by atoms with Crippen molar-refractivity contribution in [3.8, 4) is 0 Å². The summed E-state index contributed by atoms with van der Waals surface area (Å²) in [5, 5.41) is 22.2. The highest BCUT2D eigenvalue weighted by molar-refractivity contribution is 5.17. The van der Waals surface area contributed by atoms with E-state index in [1.165, 1.54) is 19.3 Å². The van der Waals surface area contributed by atoms with Crippen LogP contribution in [0.15, 0.2) is 42.5 Å². The van der Waals surface area contributed by atoms with Crippen LogP contribution in [0.2, 0.25) is 0 Å². The summed E-state index contributed by atoms with van der Waals surface area (Å²) in [7, 11) is 1.63. The van der Waals surface area contributed by atoms with Gasteiger partial charge in [-0.2, -0.15) is 0 Å². The largest absolute Gasteiger partial charge is 0.632 e. The van der Waals surface area contributed by atoms with Gasteiger partial charge in [0.15, 0.2) is 0 Å². The van der Waals surface area contributed by atoms with Gasteiger partial charge in [-0.25, -0.2) is 0 Å². The van der Waals surface area contributed by atoms with Gasteiger partial charge in [-0.15, -0.1) is 0 Å². The fourth-order valence-corrected chi connectivity index (χ4v) is 2.31. The summed E-state index contributed by atoms with van der Waals surface area (Å²) in [5.74, 6) is 0. The smallest absolute Gasteiger partial charge is 0.138 e. The van der Waals surface area contributed by atoms with Crippen molar-refractivity contribution >= 4 is 0 Å². The van der Waals surface area contributed by atoms with E-state index < -0.39 is 10.7 Å². The molecule has 0 aliphatic heterocycles. The average molecular weight is 277 g/mol. The van der Waals surface area contributed by atoms with E-state index in [0.717, 1.165) is 12.0 Å². The maximum atomic E-state index is 12.6. The molecule has 0 heterocycles. The third-order valence-corrected chi connectivity index (χ3v) is 3.63. The van der Waals surface area contributed by atoms with Crippen LogP contribution in [-0.4, -0.2) is 30.0 Å². The van der Waals surface area contributed by atoms with E-state index in [9.17, 15) is 10.3 Å². The molecule has 0 radical (unpaired) electrons. The maximum absolute atomic E-state index is 12.6. The standard InChI is InChI=1S/C17H27NO2/c1-3-4-5-6-7-11-14-18(2,20)17(15-19)16-12-9-8-10-13-16/h7-13,17,19H,3-6,14-15H2,1-2H3/b11-7+/t17-,18?/m0/s1. The van der Waals surface area contributed by atoms with Crippen LogP contribution in [0.25, 0.3) is 0 Å². The Morgan fingerprint density at radius 2 is 1.90 bits per heavy atom. The zero-order valence-corrected chi connectivity index (χ0v) is 12.7. The summed E-state index contributed by atoms with van der Waals surface area (Å²) in [5.41, 5.74) is 0.895. The predicted molar refractivity (Wildman–Crippen MR) is 84.0 cm³/mol. The Morgan fingerprint density at radius 1 is 1.20 bits per heavy atom. The first kappa shape index (κ1) is 16.9. The van der Waals surface area contributed by atoms with E-state index >= 15 is 0 Å². The second-order valence-corrected chi connectivity index (χ2v) is 5.43. The van der Waals surface area contributed by atoms with Gasteiger partial charge in [-0.3, -0.25) is 0 Å². The molecule has 2 atom stereocenters. The second-order valence-electron chi connectivity index (χ2n) is 5.43. The quantitative estimate of drug-likeness (QED) is 0.323. The van der Waals surface area contributed by atoms with Crippen molar-refractivity contribution in [2.45, 2.75) is 38.6 Å². The van der Waals surface area contributed by atoms with Crippen molar-refractivity contribution in [1.29, 1.82) is 0 Å². The van der Waals surface area contributed by atoms with Crippen LogP contribution in [0, 0.1) is 5.21 Å². The minimum atomic E-state index is -0.467. The van der Waals surface area contributed by atoms with E-state index in [-0.39, 0.29) is 6.61 Å². The Balaban J connectivity index is 2.57. The molecule has 0 saturated heterocycles. The SMILES string of the molecule is CCCCC/C=C/C[N+](C)([O-])[C@@H](CO)c1ccccc1. The number of unbranched alkanes of at least 4 members (excludes halogenated alkanes) is 3. The number of likely N-dealkylation sites (N-methyl/N-ethyl adjacent to an activating group) is 1. The number of aliphatic hydroxyl groups excluding tert-OH is 1. The van der Waals surface area contributed by atoms with Gasteiger partial charge in [0.25, 0.3) is 0 Å². The van der Waals surface area contributed by atoms with Crippen LogP contribution in [-0.2, 0) is 0 Å². The van der Waals surface area contributed by atoms with Crippen molar-refractivity contribution in [2.75, 3.05) is 20.2 Å². The first-order valence-corrected chi connectivity index (χ1v) is 7.48. The highest BCUT2D eigenvalue weighted by Gasteiger charge is 2.24. The molecule has 1 rings (SSSR count). The summed E-state index contributed by atoms with van der Waals surface area (Å²) in [6.45, 7) is 2.45. The molecule has 0 fully saturated rings. The van der Waals surface area contributed by atoms with Crippen molar-refractivity contribution in [3.05, 3.63) is 53.3 Å². The van der Waals surface area contributed by atoms with Gasteiger partial charge < -0.3 is 15.0 Å². The fraction of sp³-hybridized carbons (Fsp3) is 0.529. The van der Waals surface area contributed by atoms with E-state index in [4.69, 9.17) is 0 Å². The number of quaternary nitrogens is 1. The lowest BCUT2D eigenvalue weighted by Gasteiger charge is -2.44. The lowest BCUT2D eigenvalue weighted by atomic mass is 10.1. The lowest BCUT2D eigenvalue weighted by molar-refractivity contribution is -0.887. The monoisotopic (exact) mass is 277 g/mol. The van der Waals surface area contributed by atoms with E-state index in [1.54, 1.807) is 7.05 Å². The van der Waals surface area contributed by atoms with Crippen molar-refractivity contribution in [3.63, 3.8) is 0 Å². The zero-order chi connectivity index (χ0) is 14.8. The first-order chi connectivity index (χ1) is 9.61. The second kappa shape index (κ2) is 8.90. The number of benzene rings is 1. The van der Waals surface area contributed by atoms with Gasteiger partial charge >= 0.3 is 0 Å². The Kier molecular flexibility index (Phi) is 7.52. The molecular weight excluding hydrogens is 250 g/mol. The van der Waals surface area contributed by atoms with Gasteiger partial charge in [0.2, 0.25) is 0 Å². The minimum Gasteiger partial charge on any atom is -0.632 e. The molecule has 3 nitrogen and oxygen atoms in total. The molecule has 1 aromatic rings. The third kappa shape index (κ3) is 5.45. The summed E-state index contributed by atoms with van der Waals surface area (Å²) >= 11 is 0. The van der Waals surface area contributed by atoms with Crippen LogP contribution < -0.4 is 0 Å². The molecule has 1 aromatic carbocycles. The molecule has 0 amide bonds. The average Bonchev–Trinajstić information content (AvgIpc) is 2.44. The molecule has 0 bridgehead atoms. The molecule has 0 aliphatic rings. The van der Waals surface area contributed by atoms with Gasteiger partial charge in [-0.1, -0.05) is 56.2 Å². The molecule has 20 heavy (non-hydrogen) atoms. The lowest BCUT2D eigenvalue weighted by Crippen LogP contribution is -2.43. The van der Waals surface area contributed by atoms with E-state index in [0.29, 0.717) is 6.54 Å². The number of rotatable bonds is 9. The zero-order valence-electron chi connectivity index (χ0n) is 12.7. The summed E-state index contributed by atoms with van der Waals surface area (Å²) in [6.07, 6.45) is 8.69. The summed E-state index contributed by atoms with van der Waals surface area (Å²) in [6, 6.07) is 9.11. The van der Waals surface area contributed by atoms with Crippen LogP contribution in [0.5, 0.6) is 0 Å². The highest BCUT2D eigenvalue weighted by Crippen LogP contribution is 2.25. The van der Waals surface area contributed by atoms with E-state index in [1.807, 2.05) is 36.4 Å². The number of allylic oxidation sites excluding steroid dienone is 1. The van der Waals surface area contributed by atoms with Gasteiger partial charge in [0.05, 0.1) is 20.2 Å². The fourth-order valence-electron chi connectivity index (χ4n) is 2.31. The van der Waals surface area contributed by atoms with Crippen molar-refractivity contribution < 1.29 is 9.75 Å². The van der Waals surface area contributed by atoms with Crippen LogP contribution >= 0.6 is 0 Å². The highest BCUT2D eigenvalue weighted by atomic mass is 16.5. The number of aliphatic hydroxyl groups is 1. The minimum absolute atomic E-state index is 0.131. The molecule has 0 aliphatic carbocycles. The van der Waals surface area contributed by atoms with Gasteiger partial charge in [0.1, 0.15) is 6.04 Å². The Labute approximate surface area is 122 Å². The molecule has 1 N–H and O–H groups in total. The molecular formula is C17H27NO2. The maximum Gasteiger partial charge on any atom is 0.138 e. The topological polar surface area (TPSA) is 43.3 Å². The van der Waals surface area contributed by atoms with Gasteiger partial charge in [0, 0.05) is 5.56 Å². The van der Waals surface area contributed by atoms with Gasteiger partial charge in [-0.05, 0) is 18.9 Å². The predicted octanol–water partition coefficient (Wildman–Crippen LogP) is 3.80. The molecule has 0 spiro atoms. The summed E-state index contributed by atoms with van der Waals surface area (Å²) in [4.78, 5) is 0. The Morgan fingerprint density at radius 3 is 2.50 bits per heavy atom. The van der Waals surface area contributed by atoms with Crippen molar-refractivity contribution in [1.82, 2.24) is 0 Å². The molecule has 0 saturated carbocycles. The number of hydroxylamine groups is 3. The third-order valence-electron chi connectivity index (χ3n) is 3.63. The molecule has 112 valence electrons. The number of hydrogen-bond donors (Lipinski definition) is 1. The normalized spacial score (nSPS) is 16.2. The van der Waals surface area contributed by atoms with E-state index in [2.05, 4.69) is 13.0 Å². The summed E-state index contributed by atoms with van der Waals surface area (Å²) < 4.78 is -0.467. The molecule has 0 aromatic heterocycles. The van der Waals surface area contributed by atoms with Crippen LogP contribution in [0.4, 0.5) is 0 Å².